The Morgan fingerprint density at radius 2 is 1.86 bits per heavy atom. The van der Waals surface area contributed by atoms with Gasteiger partial charge < -0.3 is 4.98 Å². The van der Waals surface area contributed by atoms with Crippen LogP contribution in [0.15, 0.2) is 67.3 Å². The van der Waals surface area contributed by atoms with Gasteiger partial charge in [0.15, 0.2) is 5.82 Å². The quantitative estimate of drug-likeness (QED) is 0.525. The third kappa shape index (κ3) is 3.79. The van der Waals surface area contributed by atoms with Crippen molar-refractivity contribution < 1.29 is 0 Å². The molecule has 0 radical (unpaired) electrons. The van der Waals surface area contributed by atoms with Crippen molar-refractivity contribution in [2.24, 2.45) is 0 Å². The Labute approximate surface area is 174 Å². The molecule has 144 valence electrons. The lowest BCUT2D eigenvalue weighted by atomic mass is 9.99. The van der Waals surface area contributed by atoms with E-state index in [-0.39, 0.29) is 0 Å². The van der Waals surface area contributed by atoms with Gasteiger partial charge in [-0.15, -0.1) is 0 Å². The van der Waals surface area contributed by atoms with Gasteiger partial charge in [-0.25, -0.2) is 15.0 Å². The summed E-state index contributed by atoms with van der Waals surface area (Å²) in [4.78, 5) is 19.1. The zero-order valence-corrected chi connectivity index (χ0v) is 16.6. The zero-order valence-electron chi connectivity index (χ0n) is 15.8. The largest absolute Gasteiger partial charge is 0.346 e. The minimum atomic E-state index is 0.715. The zero-order chi connectivity index (χ0) is 19.6. The fourth-order valence-corrected chi connectivity index (χ4v) is 3.89. The van der Waals surface area contributed by atoms with Crippen LogP contribution in [0.1, 0.15) is 17.5 Å². The molecule has 0 aliphatic carbocycles. The Hall–Kier alpha value is -3.02. The monoisotopic (exact) mass is 401 g/mol. The molecule has 0 spiro atoms. The molecule has 4 heterocycles. The van der Waals surface area contributed by atoms with E-state index in [0.717, 1.165) is 48.7 Å². The van der Waals surface area contributed by atoms with E-state index in [9.17, 15) is 0 Å². The summed E-state index contributed by atoms with van der Waals surface area (Å²) in [5.74, 6) is 0.721. The van der Waals surface area contributed by atoms with Crippen LogP contribution in [0.5, 0.6) is 0 Å². The maximum absolute atomic E-state index is 5.95. The molecule has 0 fully saturated rings. The van der Waals surface area contributed by atoms with E-state index in [4.69, 9.17) is 11.6 Å². The van der Waals surface area contributed by atoms with Crippen molar-refractivity contribution in [1.29, 1.82) is 0 Å². The van der Waals surface area contributed by atoms with E-state index >= 15 is 0 Å². The Morgan fingerprint density at radius 1 is 1.03 bits per heavy atom. The van der Waals surface area contributed by atoms with Gasteiger partial charge in [0.2, 0.25) is 0 Å². The Bertz CT molecular complexity index is 1160. The van der Waals surface area contributed by atoms with Gasteiger partial charge in [-0.05, 0) is 48.4 Å². The van der Waals surface area contributed by atoms with E-state index in [1.165, 1.54) is 16.5 Å². The molecule has 0 saturated carbocycles. The maximum Gasteiger partial charge on any atom is 0.159 e. The number of halogens is 1. The second kappa shape index (κ2) is 7.78. The number of hydrogen-bond donors (Lipinski definition) is 1. The number of rotatable bonds is 4. The van der Waals surface area contributed by atoms with Crippen molar-refractivity contribution in [1.82, 2.24) is 24.8 Å². The van der Waals surface area contributed by atoms with Gasteiger partial charge in [0.1, 0.15) is 5.65 Å². The van der Waals surface area contributed by atoms with Gasteiger partial charge >= 0.3 is 0 Å². The van der Waals surface area contributed by atoms with E-state index in [1.807, 2.05) is 48.9 Å². The van der Waals surface area contributed by atoms with Crippen LogP contribution in [0.3, 0.4) is 0 Å². The van der Waals surface area contributed by atoms with Crippen LogP contribution < -0.4 is 0 Å². The van der Waals surface area contributed by atoms with Gasteiger partial charge in [-0.2, -0.15) is 0 Å². The van der Waals surface area contributed by atoms with Crippen LogP contribution in [0, 0.1) is 0 Å². The molecule has 0 unspecified atom stereocenters. The van der Waals surface area contributed by atoms with Gasteiger partial charge in [-0.1, -0.05) is 17.7 Å². The topological polar surface area (TPSA) is 57.7 Å². The van der Waals surface area contributed by atoms with Crippen LogP contribution in [0.4, 0.5) is 0 Å². The molecule has 5 nitrogen and oxygen atoms in total. The fraction of sp³-hybridized carbons (Fsp3) is 0.174. The lowest BCUT2D eigenvalue weighted by molar-refractivity contribution is 0.293. The minimum Gasteiger partial charge on any atom is -0.346 e. The highest BCUT2D eigenvalue weighted by molar-refractivity contribution is 6.30. The summed E-state index contributed by atoms with van der Waals surface area (Å²) < 4.78 is 0. The first kappa shape index (κ1) is 18.0. The molecule has 1 N–H and O–H groups in total. The first-order valence-corrected chi connectivity index (χ1v) is 10.0. The molecule has 0 atom stereocenters. The number of fused-ring (bicyclic) bond motifs is 1. The van der Waals surface area contributed by atoms with Crippen molar-refractivity contribution in [3.63, 3.8) is 0 Å². The normalized spacial score (nSPS) is 14.9. The highest BCUT2D eigenvalue weighted by atomic mass is 35.5. The molecule has 0 bridgehead atoms. The molecule has 29 heavy (non-hydrogen) atoms. The predicted octanol–water partition coefficient (Wildman–Crippen LogP) is 4.96. The van der Waals surface area contributed by atoms with E-state index in [2.05, 4.69) is 43.2 Å². The van der Waals surface area contributed by atoms with Crippen molar-refractivity contribution in [3.8, 4) is 11.4 Å². The summed E-state index contributed by atoms with van der Waals surface area (Å²) in [6.07, 6.45) is 11.1. The van der Waals surface area contributed by atoms with Crippen molar-refractivity contribution >= 4 is 28.2 Å². The van der Waals surface area contributed by atoms with Crippen LogP contribution in [0.2, 0.25) is 5.02 Å². The van der Waals surface area contributed by atoms with E-state index < -0.39 is 0 Å². The minimum absolute atomic E-state index is 0.715. The third-order valence-corrected chi connectivity index (χ3v) is 5.56. The van der Waals surface area contributed by atoms with E-state index in [0.29, 0.717) is 5.02 Å². The number of aromatic amines is 1. The maximum atomic E-state index is 5.95. The van der Waals surface area contributed by atoms with Gasteiger partial charge in [0.25, 0.3) is 0 Å². The number of benzene rings is 1. The molecule has 4 aromatic rings. The summed E-state index contributed by atoms with van der Waals surface area (Å²) in [6, 6.07) is 11.7. The van der Waals surface area contributed by atoms with Gasteiger partial charge in [0, 0.05) is 71.5 Å². The number of hydrogen-bond acceptors (Lipinski definition) is 4. The van der Waals surface area contributed by atoms with Crippen LogP contribution in [-0.4, -0.2) is 37.9 Å². The summed E-state index contributed by atoms with van der Waals surface area (Å²) >= 11 is 5.95. The first-order valence-electron chi connectivity index (χ1n) is 9.67. The highest BCUT2D eigenvalue weighted by Crippen LogP contribution is 2.28. The number of H-pyrrole nitrogens is 1. The predicted molar refractivity (Wildman–Crippen MR) is 116 cm³/mol. The second-order valence-electron chi connectivity index (χ2n) is 7.24. The molecule has 3 aromatic heterocycles. The summed E-state index contributed by atoms with van der Waals surface area (Å²) in [5, 5.41) is 1.91. The highest BCUT2D eigenvalue weighted by Gasteiger charge is 2.16. The molecule has 1 aromatic carbocycles. The summed E-state index contributed by atoms with van der Waals surface area (Å²) in [5.41, 5.74) is 5.69. The van der Waals surface area contributed by atoms with Gasteiger partial charge in [0.05, 0.1) is 0 Å². The number of nitrogens with zero attached hydrogens (tertiary/aromatic N) is 4. The van der Waals surface area contributed by atoms with E-state index in [1.54, 1.807) is 0 Å². The lowest BCUT2D eigenvalue weighted by Crippen LogP contribution is -2.28. The average molecular weight is 402 g/mol. The lowest BCUT2D eigenvalue weighted by Gasteiger charge is -2.26. The second-order valence-corrected chi connectivity index (χ2v) is 7.67. The number of nitrogens with one attached hydrogen (secondary N) is 1. The fourth-order valence-electron chi connectivity index (χ4n) is 3.76. The molecule has 6 heteroatoms. The van der Waals surface area contributed by atoms with Crippen molar-refractivity contribution in [2.45, 2.75) is 13.0 Å². The third-order valence-electron chi connectivity index (χ3n) is 5.30. The Balaban J connectivity index is 1.26. The van der Waals surface area contributed by atoms with Crippen molar-refractivity contribution in [2.75, 3.05) is 13.1 Å². The molecule has 5 rings (SSSR count). The molecule has 0 saturated heterocycles. The molecule has 0 amide bonds. The first-order chi connectivity index (χ1) is 14.3. The molecular formula is C23H20ClN5. The average Bonchev–Trinajstić information content (AvgIpc) is 3.20. The van der Waals surface area contributed by atoms with Crippen molar-refractivity contribution in [3.05, 3.63) is 83.4 Å². The number of aromatic nitrogens is 4. The summed E-state index contributed by atoms with van der Waals surface area (Å²) in [6.45, 7) is 2.78. The van der Waals surface area contributed by atoms with Gasteiger partial charge in [-0.3, -0.25) is 4.90 Å². The summed E-state index contributed by atoms with van der Waals surface area (Å²) in [7, 11) is 0. The Kier molecular flexibility index (Phi) is 4.84. The standard InChI is InChI=1S/C23H20ClN5/c24-19-5-3-18(4-6-19)22-26-12-16(13-27-22)15-29-10-7-17(8-11-29)21-14-28-23-20(21)2-1-9-25-23/h1-7,9,12-14H,8,10-11,15H2,(H,25,28). The van der Waals surface area contributed by atoms with Crippen LogP contribution in [0.25, 0.3) is 28.0 Å². The number of pyridine rings is 1. The SMILES string of the molecule is Clc1ccc(-c2ncc(CN3CC=C(c4c[nH]c5ncccc45)CC3)cn2)cc1. The molecule has 1 aliphatic heterocycles. The Morgan fingerprint density at radius 3 is 2.62 bits per heavy atom. The molecule has 1 aliphatic rings. The van der Waals surface area contributed by atoms with Crippen LogP contribution in [-0.2, 0) is 6.54 Å². The molecular weight excluding hydrogens is 382 g/mol. The van der Waals surface area contributed by atoms with Crippen LogP contribution >= 0.6 is 11.6 Å². The smallest absolute Gasteiger partial charge is 0.159 e.